The second-order valence-electron chi connectivity index (χ2n) is 8.20. The van der Waals surface area contributed by atoms with Crippen LogP contribution in [0.2, 0.25) is 0 Å². The molecule has 4 aromatic rings. The molecule has 0 saturated carbocycles. The lowest BCUT2D eigenvalue weighted by atomic mass is 10.0. The summed E-state index contributed by atoms with van der Waals surface area (Å²) in [4.78, 5) is 43.9. The van der Waals surface area contributed by atoms with E-state index in [1.54, 1.807) is 23.0 Å². The molecule has 7 nitrogen and oxygen atoms in total. The van der Waals surface area contributed by atoms with Crippen molar-refractivity contribution in [3.63, 3.8) is 0 Å². The zero-order valence-corrected chi connectivity index (χ0v) is 18.7. The van der Waals surface area contributed by atoms with Crippen molar-refractivity contribution in [3.05, 3.63) is 112 Å². The van der Waals surface area contributed by atoms with Gasteiger partial charge in [0.1, 0.15) is 11.3 Å². The summed E-state index contributed by atoms with van der Waals surface area (Å²) in [6.45, 7) is 4.43. The number of rotatable bonds is 5. The molecular formula is C27H21N3O4. The first-order valence-corrected chi connectivity index (χ1v) is 10.8. The van der Waals surface area contributed by atoms with Crippen molar-refractivity contribution in [3.8, 4) is 11.3 Å². The summed E-state index contributed by atoms with van der Waals surface area (Å²) in [7, 11) is 0. The topological polar surface area (TPSA) is 81.5 Å². The normalized spacial score (nSPS) is 12.7. The Balaban J connectivity index is 1.50. The Labute approximate surface area is 196 Å². The number of amides is 2. The van der Waals surface area contributed by atoms with Crippen LogP contribution in [0.5, 0.6) is 0 Å². The molecule has 0 unspecified atom stereocenters. The van der Waals surface area contributed by atoms with E-state index in [4.69, 9.17) is 4.84 Å². The molecule has 1 aliphatic rings. The van der Waals surface area contributed by atoms with Crippen LogP contribution in [0.25, 0.3) is 11.3 Å². The van der Waals surface area contributed by atoms with Crippen LogP contribution in [-0.4, -0.2) is 32.6 Å². The largest absolute Gasteiger partial charge is 0.367 e. The van der Waals surface area contributed by atoms with Crippen LogP contribution in [0.1, 0.15) is 47.8 Å². The first-order valence-electron chi connectivity index (χ1n) is 10.8. The second-order valence-corrected chi connectivity index (χ2v) is 8.20. The van der Waals surface area contributed by atoms with Crippen LogP contribution < -0.4 is 0 Å². The lowest BCUT2D eigenvalue weighted by Crippen LogP contribution is -2.32. The van der Waals surface area contributed by atoms with E-state index in [-0.39, 0.29) is 16.7 Å². The van der Waals surface area contributed by atoms with Gasteiger partial charge in [-0.2, -0.15) is 5.10 Å². The van der Waals surface area contributed by atoms with E-state index in [0.29, 0.717) is 17.3 Å². The third kappa shape index (κ3) is 3.77. The quantitative estimate of drug-likeness (QED) is 0.415. The van der Waals surface area contributed by atoms with Gasteiger partial charge in [-0.15, -0.1) is 0 Å². The number of aryl methyl sites for hydroxylation is 2. The molecule has 7 heteroatoms. The first-order chi connectivity index (χ1) is 16.4. The van der Waals surface area contributed by atoms with Crippen molar-refractivity contribution < 1.29 is 19.2 Å². The maximum atomic E-state index is 13.2. The van der Waals surface area contributed by atoms with Gasteiger partial charge in [-0.05, 0) is 48.7 Å². The van der Waals surface area contributed by atoms with Crippen molar-refractivity contribution >= 4 is 17.8 Å². The van der Waals surface area contributed by atoms with Crippen LogP contribution in [0, 0.1) is 13.8 Å². The van der Waals surface area contributed by atoms with Crippen LogP contribution in [0.3, 0.4) is 0 Å². The van der Waals surface area contributed by atoms with Gasteiger partial charge in [0.05, 0.1) is 17.7 Å². The predicted octanol–water partition coefficient (Wildman–Crippen LogP) is 4.58. The molecule has 2 amide bonds. The van der Waals surface area contributed by atoms with E-state index in [0.717, 1.165) is 22.3 Å². The fourth-order valence-electron chi connectivity index (χ4n) is 3.91. The highest BCUT2D eigenvalue weighted by Gasteiger charge is 2.39. The third-order valence-corrected chi connectivity index (χ3v) is 5.88. The lowest BCUT2D eigenvalue weighted by Gasteiger charge is -2.12. The van der Waals surface area contributed by atoms with Crippen LogP contribution >= 0.6 is 0 Å². The monoisotopic (exact) mass is 451 g/mol. The predicted molar refractivity (Wildman–Crippen MR) is 125 cm³/mol. The molecule has 0 fully saturated rings. The summed E-state index contributed by atoms with van der Waals surface area (Å²) in [6, 6.07) is 21.9. The molecule has 0 bridgehead atoms. The highest BCUT2D eigenvalue weighted by molar-refractivity contribution is 6.21. The standard InChI is InChI=1S/C27H21N3O4/c1-17-12-13-20(14-18(17)2)24-23(16-29(28-24)15-19-8-4-3-5-9-19)27(33)34-30-25(31)21-10-6-7-11-22(21)26(30)32/h3-14,16H,15H2,1-2H3. The van der Waals surface area contributed by atoms with Gasteiger partial charge < -0.3 is 4.84 Å². The molecule has 1 aromatic heterocycles. The third-order valence-electron chi connectivity index (χ3n) is 5.88. The Morgan fingerprint density at radius 1 is 0.853 bits per heavy atom. The average Bonchev–Trinajstić information content (AvgIpc) is 3.37. The summed E-state index contributed by atoms with van der Waals surface area (Å²) < 4.78 is 1.65. The lowest BCUT2D eigenvalue weighted by molar-refractivity contribution is -0.0584. The first kappa shape index (κ1) is 21.3. The number of imide groups is 1. The van der Waals surface area contributed by atoms with Crippen molar-refractivity contribution in [1.29, 1.82) is 0 Å². The number of benzene rings is 3. The van der Waals surface area contributed by atoms with Crippen LogP contribution in [0.15, 0.2) is 79.0 Å². The fraction of sp³-hybridized carbons (Fsp3) is 0.111. The Bertz CT molecular complexity index is 1400. The van der Waals surface area contributed by atoms with E-state index in [2.05, 4.69) is 5.10 Å². The van der Waals surface area contributed by atoms with Crippen molar-refractivity contribution in [2.24, 2.45) is 0 Å². The summed E-state index contributed by atoms with van der Waals surface area (Å²) in [5.41, 5.74) is 4.90. The smallest absolute Gasteiger partial charge is 0.324 e. The van der Waals surface area contributed by atoms with Gasteiger partial charge in [0.15, 0.2) is 0 Å². The number of hydrogen-bond acceptors (Lipinski definition) is 5. The molecule has 0 N–H and O–H groups in total. The molecule has 1 aliphatic heterocycles. The average molecular weight is 451 g/mol. The molecule has 2 heterocycles. The minimum Gasteiger partial charge on any atom is -0.324 e. The molecule has 0 spiro atoms. The summed E-state index contributed by atoms with van der Waals surface area (Å²) in [6.07, 6.45) is 1.58. The van der Waals surface area contributed by atoms with E-state index >= 15 is 0 Å². The zero-order chi connectivity index (χ0) is 23.8. The highest BCUT2D eigenvalue weighted by atomic mass is 16.7. The Kier molecular flexibility index (Phi) is 5.30. The van der Waals surface area contributed by atoms with Crippen LogP contribution in [0.4, 0.5) is 0 Å². The van der Waals surface area contributed by atoms with Crippen molar-refractivity contribution in [1.82, 2.24) is 14.8 Å². The number of carbonyl (C=O) groups is 3. The van der Waals surface area contributed by atoms with E-state index < -0.39 is 17.8 Å². The minimum absolute atomic E-state index is 0.163. The Morgan fingerprint density at radius 2 is 1.50 bits per heavy atom. The molecule has 0 saturated heterocycles. The van der Waals surface area contributed by atoms with Gasteiger partial charge >= 0.3 is 5.97 Å². The Hall–Kier alpha value is -4.52. The molecule has 168 valence electrons. The minimum atomic E-state index is -0.831. The number of fused-ring (bicyclic) bond motifs is 1. The summed E-state index contributed by atoms with van der Waals surface area (Å²) in [5, 5.41) is 5.17. The van der Waals surface area contributed by atoms with E-state index in [1.807, 2.05) is 62.4 Å². The Morgan fingerprint density at radius 3 is 2.15 bits per heavy atom. The van der Waals surface area contributed by atoms with Gasteiger partial charge in [0.25, 0.3) is 11.8 Å². The fourth-order valence-corrected chi connectivity index (χ4v) is 3.91. The van der Waals surface area contributed by atoms with E-state index in [9.17, 15) is 14.4 Å². The molecule has 0 radical (unpaired) electrons. The maximum absolute atomic E-state index is 13.2. The second kappa shape index (κ2) is 8.44. The number of nitrogens with zero attached hydrogens (tertiary/aromatic N) is 3. The molecule has 0 atom stereocenters. The highest BCUT2D eigenvalue weighted by Crippen LogP contribution is 2.28. The molecular weight excluding hydrogens is 430 g/mol. The van der Waals surface area contributed by atoms with Crippen molar-refractivity contribution in [2.75, 3.05) is 0 Å². The number of hydroxylamine groups is 2. The zero-order valence-electron chi connectivity index (χ0n) is 18.7. The number of hydrogen-bond donors (Lipinski definition) is 0. The number of carbonyl (C=O) groups excluding carboxylic acids is 3. The molecule has 3 aromatic carbocycles. The summed E-state index contributed by atoms with van der Waals surface area (Å²) in [5.74, 6) is -2.17. The maximum Gasteiger partial charge on any atom is 0.367 e. The SMILES string of the molecule is Cc1ccc(-c2nn(Cc3ccccc3)cc2C(=O)ON2C(=O)c3ccccc3C2=O)cc1C. The number of aromatic nitrogens is 2. The van der Waals surface area contributed by atoms with Gasteiger partial charge in [0, 0.05) is 11.8 Å². The van der Waals surface area contributed by atoms with E-state index in [1.165, 1.54) is 12.1 Å². The van der Waals surface area contributed by atoms with Gasteiger partial charge in [-0.3, -0.25) is 14.3 Å². The molecule has 5 rings (SSSR count). The van der Waals surface area contributed by atoms with Gasteiger partial charge in [-0.25, -0.2) is 4.79 Å². The van der Waals surface area contributed by atoms with Crippen molar-refractivity contribution in [2.45, 2.75) is 20.4 Å². The van der Waals surface area contributed by atoms with Gasteiger partial charge in [0.2, 0.25) is 0 Å². The molecule has 0 aliphatic carbocycles. The van der Waals surface area contributed by atoms with Gasteiger partial charge in [-0.1, -0.05) is 59.7 Å². The molecule has 34 heavy (non-hydrogen) atoms. The van der Waals surface area contributed by atoms with Crippen LogP contribution in [-0.2, 0) is 11.4 Å². The summed E-state index contributed by atoms with van der Waals surface area (Å²) >= 11 is 0.